The summed E-state index contributed by atoms with van der Waals surface area (Å²) in [7, 11) is 1.81. The van der Waals surface area contributed by atoms with Crippen LogP contribution in [0.3, 0.4) is 0 Å². The third-order valence-electron chi connectivity index (χ3n) is 6.35. The Bertz CT molecular complexity index is 726. The number of piperazine rings is 1. The average molecular weight is 400 g/mol. The molecule has 2 N–H and O–H groups in total. The SMILES string of the molecule is CN=C(NCCN1CCN(C(=O)C2CCC2)CC1)NC1CCOc2ccccc21. The van der Waals surface area contributed by atoms with E-state index < -0.39 is 0 Å². The summed E-state index contributed by atoms with van der Waals surface area (Å²) in [5, 5.41) is 6.98. The molecule has 2 aliphatic heterocycles. The molecule has 1 amide bonds. The molecule has 0 bridgehead atoms. The maximum absolute atomic E-state index is 12.4. The number of nitrogens with zero attached hydrogens (tertiary/aromatic N) is 3. The van der Waals surface area contributed by atoms with Crippen molar-refractivity contribution in [3.05, 3.63) is 29.8 Å². The van der Waals surface area contributed by atoms with Crippen molar-refractivity contribution in [1.29, 1.82) is 0 Å². The van der Waals surface area contributed by atoms with Crippen LogP contribution in [-0.2, 0) is 4.79 Å². The Balaban J connectivity index is 1.19. The van der Waals surface area contributed by atoms with Crippen LogP contribution >= 0.6 is 0 Å². The largest absolute Gasteiger partial charge is 0.493 e. The van der Waals surface area contributed by atoms with E-state index in [0.29, 0.717) is 11.8 Å². The van der Waals surface area contributed by atoms with Crippen LogP contribution < -0.4 is 15.4 Å². The van der Waals surface area contributed by atoms with E-state index in [2.05, 4.69) is 31.5 Å². The Morgan fingerprint density at radius 3 is 2.69 bits per heavy atom. The molecule has 1 saturated carbocycles. The maximum Gasteiger partial charge on any atom is 0.225 e. The molecule has 0 spiro atoms. The first kappa shape index (κ1) is 20.0. The van der Waals surface area contributed by atoms with Crippen molar-refractivity contribution in [2.45, 2.75) is 31.7 Å². The van der Waals surface area contributed by atoms with Gasteiger partial charge in [0.25, 0.3) is 0 Å². The highest BCUT2D eigenvalue weighted by Gasteiger charge is 2.31. The molecule has 2 heterocycles. The predicted octanol–water partition coefficient (Wildman–Crippen LogP) is 1.62. The molecule has 7 nitrogen and oxygen atoms in total. The summed E-state index contributed by atoms with van der Waals surface area (Å²) in [6.45, 7) is 6.15. The standard InChI is InChI=1S/C22H33N5O2/c1-23-22(25-19-9-16-29-20-8-3-2-7-18(19)20)24-10-11-26-12-14-27(15-13-26)21(28)17-5-4-6-17/h2-3,7-8,17,19H,4-6,9-16H2,1H3,(H2,23,24,25). The van der Waals surface area contributed by atoms with Crippen LogP contribution in [0.5, 0.6) is 5.75 Å². The number of guanidine groups is 1. The van der Waals surface area contributed by atoms with E-state index in [1.165, 1.54) is 12.0 Å². The predicted molar refractivity (Wildman–Crippen MR) is 114 cm³/mol. The van der Waals surface area contributed by atoms with Gasteiger partial charge in [0.15, 0.2) is 5.96 Å². The highest BCUT2D eigenvalue weighted by Crippen LogP contribution is 2.31. The number of para-hydroxylation sites is 1. The number of ether oxygens (including phenoxy) is 1. The molecule has 1 unspecified atom stereocenters. The third kappa shape index (κ3) is 4.83. The van der Waals surface area contributed by atoms with Crippen LogP contribution in [0, 0.1) is 5.92 Å². The quantitative estimate of drug-likeness (QED) is 0.582. The molecule has 158 valence electrons. The molecule has 1 aromatic carbocycles. The Morgan fingerprint density at radius 1 is 1.17 bits per heavy atom. The van der Waals surface area contributed by atoms with Crippen molar-refractivity contribution in [3.63, 3.8) is 0 Å². The van der Waals surface area contributed by atoms with Crippen molar-refractivity contribution in [2.75, 3.05) is 52.9 Å². The fraction of sp³-hybridized carbons (Fsp3) is 0.636. The summed E-state index contributed by atoms with van der Waals surface area (Å²) in [5.74, 6) is 2.48. The number of hydrogen-bond acceptors (Lipinski definition) is 4. The van der Waals surface area contributed by atoms with E-state index in [9.17, 15) is 4.79 Å². The van der Waals surface area contributed by atoms with E-state index in [1.54, 1.807) is 0 Å². The number of carbonyl (C=O) groups is 1. The second-order valence-electron chi connectivity index (χ2n) is 8.17. The lowest BCUT2D eigenvalue weighted by Crippen LogP contribution is -2.52. The Morgan fingerprint density at radius 2 is 1.97 bits per heavy atom. The monoisotopic (exact) mass is 399 g/mol. The maximum atomic E-state index is 12.4. The molecular weight excluding hydrogens is 366 g/mol. The Labute approximate surface area is 173 Å². The summed E-state index contributed by atoms with van der Waals surface area (Å²) >= 11 is 0. The van der Waals surface area contributed by atoms with Crippen LogP contribution in [0.25, 0.3) is 0 Å². The van der Waals surface area contributed by atoms with Crippen LogP contribution in [0.4, 0.5) is 0 Å². The zero-order valence-electron chi connectivity index (χ0n) is 17.4. The van der Waals surface area contributed by atoms with Gasteiger partial charge < -0.3 is 20.3 Å². The van der Waals surface area contributed by atoms with E-state index in [0.717, 1.165) is 76.8 Å². The number of amides is 1. The Kier molecular flexibility index (Phi) is 6.54. The smallest absolute Gasteiger partial charge is 0.225 e. The molecule has 1 aromatic rings. The number of fused-ring (bicyclic) bond motifs is 1. The Hall–Kier alpha value is -2.28. The summed E-state index contributed by atoms with van der Waals surface area (Å²) in [6, 6.07) is 8.41. The molecule has 1 aliphatic carbocycles. The first-order valence-electron chi connectivity index (χ1n) is 10.9. The molecule has 1 saturated heterocycles. The number of nitrogens with one attached hydrogen (secondary N) is 2. The molecule has 0 aromatic heterocycles. The molecule has 1 atom stereocenters. The van der Waals surface area contributed by atoms with E-state index in [4.69, 9.17) is 4.74 Å². The van der Waals surface area contributed by atoms with Crippen molar-refractivity contribution < 1.29 is 9.53 Å². The van der Waals surface area contributed by atoms with Crippen molar-refractivity contribution in [3.8, 4) is 5.75 Å². The number of carbonyl (C=O) groups excluding carboxylic acids is 1. The lowest BCUT2D eigenvalue weighted by Gasteiger charge is -2.38. The van der Waals surface area contributed by atoms with Gasteiger partial charge in [-0.25, -0.2) is 0 Å². The summed E-state index contributed by atoms with van der Waals surface area (Å²) in [6.07, 6.45) is 4.32. The van der Waals surface area contributed by atoms with E-state index in [-0.39, 0.29) is 6.04 Å². The molecule has 2 fully saturated rings. The number of rotatable bonds is 5. The van der Waals surface area contributed by atoms with Crippen LogP contribution in [-0.4, -0.2) is 74.6 Å². The van der Waals surface area contributed by atoms with E-state index >= 15 is 0 Å². The minimum atomic E-state index is 0.215. The van der Waals surface area contributed by atoms with Crippen LogP contribution in [0.15, 0.2) is 29.3 Å². The minimum absolute atomic E-state index is 0.215. The molecule has 29 heavy (non-hydrogen) atoms. The second kappa shape index (κ2) is 9.48. The van der Waals surface area contributed by atoms with Crippen molar-refractivity contribution in [2.24, 2.45) is 10.9 Å². The fourth-order valence-corrected chi connectivity index (χ4v) is 4.29. The average Bonchev–Trinajstić information content (AvgIpc) is 2.72. The van der Waals surface area contributed by atoms with Gasteiger partial charge in [-0.2, -0.15) is 0 Å². The van der Waals surface area contributed by atoms with Crippen LogP contribution in [0.2, 0.25) is 0 Å². The number of hydrogen-bond donors (Lipinski definition) is 2. The van der Waals surface area contributed by atoms with Crippen LogP contribution in [0.1, 0.15) is 37.3 Å². The first-order valence-corrected chi connectivity index (χ1v) is 10.9. The first-order chi connectivity index (χ1) is 14.2. The minimum Gasteiger partial charge on any atom is -0.493 e. The lowest BCUT2D eigenvalue weighted by atomic mass is 9.84. The molecule has 3 aliphatic rings. The van der Waals surface area contributed by atoms with Gasteiger partial charge in [-0.15, -0.1) is 0 Å². The van der Waals surface area contributed by atoms with Gasteiger partial charge in [0.1, 0.15) is 5.75 Å². The van der Waals surface area contributed by atoms with Gasteiger partial charge in [-0.05, 0) is 18.9 Å². The highest BCUT2D eigenvalue weighted by molar-refractivity contribution is 5.80. The number of benzene rings is 1. The molecule has 0 radical (unpaired) electrons. The van der Waals surface area contributed by atoms with Crippen molar-refractivity contribution >= 4 is 11.9 Å². The van der Waals surface area contributed by atoms with Gasteiger partial charge in [0.2, 0.25) is 5.91 Å². The topological polar surface area (TPSA) is 69.2 Å². The summed E-state index contributed by atoms with van der Waals surface area (Å²) in [5.41, 5.74) is 1.19. The molecule has 7 heteroatoms. The zero-order chi connectivity index (χ0) is 20.1. The lowest BCUT2D eigenvalue weighted by molar-refractivity contribution is -0.139. The number of aliphatic imine (C=N–C) groups is 1. The molecular formula is C22H33N5O2. The van der Waals surface area contributed by atoms with Gasteiger partial charge in [0, 0.05) is 64.2 Å². The van der Waals surface area contributed by atoms with Gasteiger partial charge in [0.05, 0.1) is 12.6 Å². The summed E-state index contributed by atoms with van der Waals surface area (Å²) in [4.78, 5) is 21.3. The molecule has 4 rings (SSSR count). The van der Waals surface area contributed by atoms with Gasteiger partial charge >= 0.3 is 0 Å². The third-order valence-corrected chi connectivity index (χ3v) is 6.35. The van der Waals surface area contributed by atoms with Crippen molar-refractivity contribution in [1.82, 2.24) is 20.4 Å². The van der Waals surface area contributed by atoms with E-state index in [1.807, 2.05) is 25.2 Å². The van der Waals surface area contributed by atoms with Gasteiger partial charge in [-0.1, -0.05) is 24.6 Å². The van der Waals surface area contributed by atoms with Gasteiger partial charge in [-0.3, -0.25) is 14.7 Å². The fourth-order valence-electron chi connectivity index (χ4n) is 4.29. The second-order valence-corrected chi connectivity index (χ2v) is 8.17. The summed E-state index contributed by atoms with van der Waals surface area (Å²) < 4.78 is 5.75. The highest BCUT2D eigenvalue weighted by atomic mass is 16.5. The normalized spacial score (nSPS) is 23.0. The zero-order valence-corrected chi connectivity index (χ0v) is 17.4.